The Morgan fingerprint density at radius 3 is 2.29 bits per heavy atom. The van der Waals surface area contributed by atoms with Crippen LogP contribution in [0.15, 0.2) is 47.4 Å². The molecule has 0 amide bonds. The predicted octanol–water partition coefficient (Wildman–Crippen LogP) is 2.40. The van der Waals surface area contributed by atoms with Crippen molar-refractivity contribution in [2.75, 3.05) is 25.1 Å². The highest BCUT2D eigenvalue weighted by atomic mass is 32.2. The molecule has 2 rings (SSSR count). The minimum atomic E-state index is -3.62. The van der Waals surface area contributed by atoms with Crippen LogP contribution >= 0.6 is 0 Å². The van der Waals surface area contributed by atoms with E-state index in [1.54, 1.807) is 24.3 Å². The number of para-hydroxylation sites is 1. The van der Waals surface area contributed by atoms with Crippen molar-refractivity contribution >= 4 is 27.1 Å². The quantitative estimate of drug-likeness (QED) is 0.850. The third kappa shape index (κ3) is 3.14. The Bertz CT molecular complexity index is 743. The number of nitrogen functional groups attached to an aromatic ring is 1. The molecular weight excluding hydrogens is 293 g/mol. The standard InChI is InChI=1S/C14H16FN3O2S/c1-18(2)21(19,20)13-5-3-4-12(14(13)16)17-11-8-6-10(15)7-9-11/h3-9,17H,16H2,1-2H3. The van der Waals surface area contributed by atoms with Crippen molar-refractivity contribution in [3.8, 4) is 0 Å². The van der Waals surface area contributed by atoms with Crippen LogP contribution in [0.25, 0.3) is 0 Å². The summed E-state index contributed by atoms with van der Waals surface area (Å²) in [5, 5.41) is 2.98. The molecule has 3 N–H and O–H groups in total. The molecule has 7 heteroatoms. The lowest BCUT2D eigenvalue weighted by Gasteiger charge is -2.16. The first-order chi connectivity index (χ1) is 9.82. The number of hydrogen-bond donors (Lipinski definition) is 2. The second-order valence-electron chi connectivity index (χ2n) is 4.64. The third-order valence-electron chi connectivity index (χ3n) is 2.95. The normalized spacial score (nSPS) is 11.6. The van der Waals surface area contributed by atoms with Gasteiger partial charge in [0.1, 0.15) is 10.7 Å². The monoisotopic (exact) mass is 309 g/mol. The average Bonchev–Trinajstić information content (AvgIpc) is 2.43. The van der Waals surface area contributed by atoms with Crippen LogP contribution in [0.5, 0.6) is 0 Å². The molecule has 0 aliphatic rings. The SMILES string of the molecule is CN(C)S(=O)(=O)c1cccc(Nc2ccc(F)cc2)c1N. The summed E-state index contributed by atoms with van der Waals surface area (Å²) in [5.41, 5.74) is 7.13. The molecule has 21 heavy (non-hydrogen) atoms. The van der Waals surface area contributed by atoms with Gasteiger partial charge in [0.15, 0.2) is 0 Å². The van der Waals surface area contributed by atoms with Gasteiger partial charge in [0.2, 0.25) is 10.0 Å². The van der Waals surface area contributed by atoms with Crippen molar-refractivity contribution in [1.82, 2.24) is 4.31 Å². The first-order valence-corrected chi connectivity index (χ1v) is 7.60. The molecule has 0 saturated carbocycles. The zero-order chi connectivity index (χ0) is 15.6. The highest BCUT2D eigenvalue weighted by molar-refractivity contribution is 7.89. The lowest BCUT2D eigenvalue weighted by Crippen LogP contribution is -2.23. The van der Waals surface area contributed by atoms with Crippen LogP contribution in [0.2, 0.25) is 0 Å². The van der Waals surface area contributed by atoms with E-state index >= 15 is 0 Å². The molecule has 0 heterocycles. The molecule has 0 aromatic heterocycles. The van der Waals surface area contributed by atoms with Crippen molar-refractivity contribution in [3.63, 3.8) is 0 Å². The number of halogens is 1. The summed E-state index contributed by atoms with van der Waals surface area (Å²) in [5.74, 6) is -0.350. The maximum atomic E-state index is 12.9. The predicted molar refractivity (Wildman–Crippen MR) is 81.4 cm³/mol. The summed E-state index contributed by atoms with van der Waals surface area (Å²) in [4.78, 5) is 0.0274. The van der Waals surface area contributed by atoms with Crippen LogP contribution in [0.4, 0.5) is 21.5 Å². The van der Waals surface area contributed by atoms with Gasteiger partial charge in [-0.1, -0.05) is 6.07 Å². The van der Waals surface area contributed by atoms with E-state index in [9.17, 15) is 12.8 Å². The Morgan fingerprint density at radius 2 is 1.71 bits per heavy atom. The van der Waals surface area contributed by atoms with Crippen LogP contribution in [0.1, 0.15) is 0 Å². The van der Waals surface area contributed by atoms with Gasteiger partial charge in [0.25, 0.3) is 0 Å². The molecule has 0 spiro atoms. The molecule has 0 aliphatic heterocycles. The van der Waals surface area contributed by atoms with Gasteiger partial charge in [-0.15, -0.1) is 0 Å². The van der Waals surface area contributed by atoms with E-state index in [4.69, 9.17) is 5.73 Å². The van der Waals surface area contributed by atoms with Crippen molar-refractivity contribution in [1.29, 1.82) is 0 Å². The van der Waals surface area contributed by atoms with Gasteiger partial charge < -0.3 is 11.1 Å². The highest BCUT2D eigenvalue weighted by Gasteiger charge is 2.21. The molecule has 0 radical (unpaired) electrons. The highest BCUT2D eigenvalue weighted by Crippen LogP contribution is 2.30. The van der Waals surface area contributed by atoms with Crippen LogP contribution in [0, 0.1) is 5.82 Å². The molecule has 5 nitrogen and oxygen atoms in total. The lowest BCUT2D eigenvalue weighted by atomic mass is 10.2. The van der Waals surface area contributed by atoms with Gasteiger partial charge in [-0.25, -0.2) is 17.1 Å². The van der Waals surface area contributed by atoms with E-state index in [2.05, 4.69) is 5.32 Å². The third-order valence-corrected chi connectivity index (χ3v) is 4.82. The maximum absolute atomic E-state index is 12.9. The molecule has 0 atom stereocenters. The van der Waals surface area contributed by atoms with Crippen LogP contribution in [-0.2, 0) is 10.0 Å². The average molecular weight is 309 g/mol. The van der Waals surface area contributed by atoms with Crippen molar-refractivity contribution in [2.45, 2.75) is 4.90 Å². The number of sulfonamides is 1. The Morgan fingerprint density at radius 1 is 1.10 bits per heavy atom. The van der Waals surface area contributed by atoms with E-state index in [-0.39, 0.29) is 16.4 Å². The number of nitrogens with two attached hydrogens (primary N) is 1. The van der Waals surface area contributed by atoms with E-state index in [1.165, 1.54) is 32.3 Å². The Hall–Kier alpha value is -2.12. The number of benzene rings is 2. The molecule has 2 aromatic carbocycles. The topological polar surface area (TPSA) is 75.4 Å². The lowest BCUT2D eigenvalue weighted by molar-refractivity contribution is 0.521. The van der Waals surface area contributed by atoms with Crippen molar-refractivity contribution in [3.05, 3.63) is 48.3 Å². The smallest absolute Gasteiger partial charge is 0.244 e. The second kappa shape index (κ2) is 5.71. The molecule has 0 aliphatic carbocycles. The van der Waals surface area contributed by atoms with Crippen LogP contribution in [0.3, 0.4) is 0 Å². The molecule has 0 bridgehead atoms. The number of nitrogens with zero attached hydrogens (tertiary/aromatic N) is 1. The van der Waals surface area contributed by atoms with Gasteiger partial charge in [-0.2, -0.15) is 0 Å². The van der Waals surface area contributed by atoms with Gasteiger partial charge in [-0.3, -0.25) is 0 Å². The fourth-order valence-electron chi connectivity index (χ4n) is 1.76. The summed E-state index contributed by atoms with van der Waals surface area (Å²) in [7, 11) is -0.742. The van der Waals surface area contributed by atoms with Gasteiger partial charge in [-0.05, 0) is 36.4 Å². The number of nitrogens with one attached hydrogen (secondary N) is 1. The van der Waals surface area contributed by atoms with Crippen LogP contribution in [-0.4, -0.2) is 26.8 Å². The van der Waals surface area contributed by atoms with Crippen molar-refractivity contribution in [2.24, 2.45) is 0 Å². The summed E-state index contributed by atoms with van der Waals surface area (Å²) in [6, 6.07) is 10.4. The Labute approximate surface area is 123 Å². The van der Waals surface area contributed by atoms with Gasteiger partial charge in [0.05, 0.1) is 11.4 Å². The van der Waals surface area contributed by atoms with Gasteiger partial charge >= 0.3 is 0 Å². The van der Waals surface area contributed by atoms with E-state index in [0.717, 1.165) is 4.31 Å². The Balaban J connectivity index is 2.41. The fourth-order valence-corrected chi connectivity index (χ4v) is 2.80. The molecule has 112 valence electrons. The number of hydrogen-bond acceptors (Lipinski definition) is 4. The largest absolute Gasteiger partial charge is 0.396 e. The minimum absolute atomic E-state index is 0.0274. The zero-order valence-electron chi connectivity index (χ0n) is 11.7. The summed E-state index contributed by atoms with van der Waals surface area (Å²) in [6.07, 6.45) is 0. The van der Waals surface area contributed by atoms with E-state index in [0.29, 0.717) is 11.4 Å². The van der Waals surface area contributed by atoms with Gasteiger partial charge in [0, 0.05) is 19.8 Å². The fraction of sp³-hybridized carbons (Fsp3) is 0.143. The number of rotatable bonds is 4. The maximum Gasteiger partial charge on any atom is 0.244 e. The molecular formula is C14H16FN3O2S. The Kier molecular flexibility index (Phi) is 4.15. The zero-order valence-corrected chi connectivity index (χ0v) is 12.5. The van der Waals surface area contributed by atoms with E-state index < -0.39 is 10.0 Å². The molecule has 2 aromatic rings. The molecule has 0 saturated heterocycles. The minimum Gasteiger partial charge on any atom is -0.396 e. The summed E-state index contributed by atoms with van der Waals surface area (Å²) in [6.45, 7) is 0. The van der Waals surface area contributed by atoms with E-state index in [1.807, 2.05) is 0 Å². The first kappa shape index (κ1) is 15.3. The second-order valence-corrected chi connectivity index (χ2v) is 6.76. The molecule has 0 unspecified atom stereocenters. The van der Waals surface area contributed by atoms with Crippen molar-refractivity contribution < 1.29 is 12.8 Å². The first-order valence-electron chi connectivity index (χ1n) is 6.16. The summed E-state index contributed by atoms with van der Waals surface area (Å²) < 4.78 is 38.3. The molecule has 0 fully saturated rings. The van der Waals surface area contributed by atoms with Crippen LogP contribution < -0.4 is 11.1 Å². The number of anilines is 3. The summed E-state index contributed by atoms with van der Waals surface area (Å²) >= 11 is 0.